The van der Waals surface area contributed by atoms with Gasteiger partial charge in [-0.3, -0.25) is 9.88 Å². The zero-order valence-electron chi connectivity index (χ0n) is 12.9. The summed E-state index contributed by atoms with van der Waals surface area (Å²) in [6, 6.07) is 12.3. The molecule has 0 spiro atoms. The Morgan fingerprint density at radius 2 is 1.83 bits per heavy atom. The molecule has 3 aromatic heterocycles. The van der Waals surface area contributed by atoms with Gasteiger partial charge < -0.3 is 0 Å². The van der Waals surface area contributed by atoms with Crippen molar-refractivity contribution in [3.8, 4) is 0 Å². The molecule has 0 aliphatic heterocycles. The Bertz CT molecular complexity index is 954. The largest absolute Gasteiger partial charge is 0.298 e. The fourth-order valence-corrected chi connectivity index (χ4v) is 2.93. The lowest BCUT2D eigenvalue weighted by atomic mass is 10.1. The third kappa shape index (κ3) is 2.66. The van der Waals surface area contributed by atoms with Gasteiger partial charge in [0, 0.05) is 42.6 Å². The SMILES string of the molecule is CN(Cc1cccc2ncccc12)Cc1cnn2cccnc12. The first-order valence-electron chi connectivity index (χ1n) is 7.60. The third-order valence-corrected chi connectivity index (χ3v) is 3.97. The van der Waals surface area contributed by atoms with Gasteiger partial charge in [0.2, 0.25) is 0 Å². The van der Waals surface area contributed by atoms with E-state index in [1.807, 2.05) is 41.3 Å². The maximum absolute atomic E-state index is 4.42. The van der Waals surface area contributed by atoms with Crippen molar-refractivity contribution in [2.75, 3.05) is 7.05 Å². The molecule has 5 nitrogen and oxygen atoms in total. The molecule has 3 heterocycles. The summed E-state index contributed by atoms with van der Waals surface area (Å²) < 4.78 is 1.81. The van der Waals surface area contributed by atoms with Crippen molar-refractivity contribution in [3.63, 3.8) is 0 Å². The van der Waals surface area contributed by atoms with Crippen LogP contribution in [-0.2, 0) is 13.1 Å². The predicted octanol–water partition coefficient (Wildman–Crippen LogP) is 2.91. The lowest BCUT2D eigenvalue weighted by molar-refractivity contribution is 0.321. The van der Waals surface area contributed by atoms with E-state index in [1.165, 1.54) is 10.9 Å². The number of hydrogen-bond acceptors (Lipinski definition) is 4. The molecule has 0 aliphatic carbocycles. The van der Waals surface area contributed by atoms with E-state index < -0.39 is 0 Å². The fourth-order valence-electron chi connectivity index (χ4n) is 2.93. The Morgan fingerprint density at radius 3 is 2.78 bits per heavy atom. The Kier molecular flexibility index (Phi) is 3.48. The second kappa shape index (κ2) is 5.78. The molecule has 114 valence electrons. The van der Waals surface area contributed by atoms with Crippen LogP contribution in [0.3, 0.4) is 0 Å². The minimum absolute atomic E-state index is 0.803. The predicted molar refractivity (Wildman–Crippen MR) is 89.9 cm³/mol. The summed E-state index contributed by atoms with van der Waals surface area (Å²) in [6.07, 6.45) is 7.45. The van der Waals surface area contributed by atoms with E-state index in [0.29, 0.717) is 0 Å². The molecular weight excluding hydrogens is 286 g/mol. The molecule has 0 atom stereocenters. The van der Waals surface area contributed by atoms with Gasteiger partial charge in [0.05, 0.1) is 11.7 Å². The van der Waals surface area contributed by atoms with Crippen LogP contribution in [0.2, 0.25) is 0 Å². The van der Waals surface area contributed by atoms with Gasteiger partial charge in [-0.2, -0.15) is 5.10 Å². The first-order chi connectivity index (χ1) is 11.3. The van der Waals surface area contributed by atoms with Gasteiger partial charge in [0.25, 0.3) is 0 Å². The maximum atomic E-state index is 4.42. The van der Waals surface area contributed by atoms with Gasteiger partial charge in [-0.25, -0.2) is 9.50 Å². The van der Waals surface area contributed by atoms with E-state index >= 15 is 0 Å². The van der Waals surface area contributed by atoms with E-state index in [2.05, 4.69) is 45.2 Å². The van der Waals surface area contributed by atoms with E-state index in [9.17, 15) is 0 Å². The standard InChI is InChI=1S/C18H17N5/c1-22(13-15-11-21-23-10-4-9-20-18(15)23)12-14-5-2-7-17-16(14)6-3-8-19-17/h2-11H,12-13H2,1H3. The first-order valence-corrected chi connectivity index (χ1v) is 7.60. The summed E-state index contributed by atoms with van der Waals surface area (Å²) in [6.45, 7) is 1.66. The Labute approximate surface area is 134 Å². The molecule has 0 saturated heterocycles. The van der Waals surface area contributed by atoms with Crippen molar-refractivity contribution in [2.24, 2.45) is 0 Å². The normalized spacial score (nSPS) is 11.6. The number of rotatable bonds is 4. The minimum atomic E-state index is 0.803. The summed E-state index contributed by atoms with van der Waals surface area (Å²) in [5, 5.41) is 5.55. The molecule has 0 fully saturated rings. The van der Waals surface area contributed by atoms with E-state index in [0.717, 1.165) is 29.8 Å². The molecule has 0 radical (unpaired) electrons. The molecule has 5 heteroatoms. The highest BCUT2D eigenvalue weighted by atomic mass is 15.2. The van der Waals surface area contributed by atoms with Crippen LogP contribution in [-0.4, -0.2) is 31.5 Å². The summed E-state index contributed by atoms with van der Waals surface area (Å²) in [7, 11) is 2.11. The number of fused-ring (bicyclic) bond motifs is 2. The number of pyridine rings is 1. The topological polar surface area (TPSA) is 46.3 Å². The zero-order chi connectivity index (χ0) is 15.6. The number of aromatic nitrogens is 4. The molecule has 0 N–H and O–H groups in total. The Morgan fingerprint density at radius 1 is 0.957 bits per heavy atom. The van der Waals surface area contributed by atoms with Crippen molar-refractivity contribution < 1.29 is 0 Å². The Hall–Kier alpha value is -2.79. The molecule has 1 aromatic carbocycles. The van der Waals surface area contributed by atoms with Gasteiger partial charge in [-0.1, -0.05) is 18.2 Å². The van der Waals surface area contributed by atoms with Crippen LogP contribution in [0.1, 0.15) is 11.1 Å². The average molecular weight is 303 g/mol. The van der Waals surface area contributed by atoms with Crippen LogP contribution in [0.4, 0.5) is 0 Å². The molecular formula is C18H17N5. The number of benzene rings is 1. The lowest BCUT2D eigenvalue weighted by Gasteiger charge is -2.17. The highest BCUT2D eigenvalue weighted by Gasteiger charge is 2.10. The van der Waals surface area contributed by atoms with Gasteiger partial charge >= 0.3 is 0 Å². The molecule has 0 aliphatic rings. The summed E-state index contributed by atoms with van der Waals surface area (Å²) >= 11 is 0. The smallest absolute Gasteiger partial charge is 0.159 e. The molecule has 0 bridgehead atoms. The summed E-state index contributed by atoms with van der Waals surface area (Å²) in [5.41, 5.74) is 4.36. The number of hydrogen-bond donors (Lipinski definition) is 0. The lowest BCUT2D eigenvalue weighted by Crippen LogP contribution is -2.17. The highest BCUT2D eigenvalue weighted by molar-refractivity contribution is 5.81. The minimum Gasteiger partial charge on any atom is -0.298 e. The van der Waals surface area contributed by atoms with Crippen molar-refractivity contribution in [1.82, 2.24) is 24.5 Å². The van der Waals surface area contributed by atoms with Crippen molar-refractivity contribution in [3.05, 3.63) is 72.3 Å². The number of nitrogens with zero attached hydrogens (tertiary/aromatic N) is 5. The van der Waals surface area contributed by atoms with E-state index in [4.69, 9.17) is 0 Å². The van der Waals surface area contributed by atoms with Gasteiger partial charge in [0.1, 0.15) is 0 Å². The average Bonchev–Trinajstić information content (AvgIpc) is 2.98. The summed E-state index contributed by atoms with van der Waals surface area (Å²) in [4.78, 5) is 11.1. The van der Waals surface area contributed by atoms with Crippen LogP contribution < -0.4 is 0 Å². The quantitative estimate of drug-likeness (QED) is 0.581. The van der Waals surface area contributed by atoms with Crippen LogP contribution in [0.15, 0.2) is 61.2 Å². The molecule has 23 heavy (non-hydrogen) atoms. The van der Waals surface area contributed by atoms with Gasteiger partial charge in [-0.15, -0.1) is 0 Å². The first kappa shape index (κ1) is 13.8. The zero-order valence-corrected chi connectivity index (χ0v) is 12.9. The third-order valence-electron chi connectivity index (χ3n) is 3.97. The molecule has 4 aromatic rings. The van der Waals surface area contributed by atoms with Crippen molar-refractivity contribution in [2.45, 2.75) is 13.1 Å². The van der Waals surface area contributed by atoms with Crippen LogP contribution in [0.5, 0.6) is 0 Å². The summed E-state index contributed by atoms with van der Waals surface area (Å²) in [5.74, 6) is 0. The van der Waals surface area contributed by atoms with Crippen LogP contribution in [0, 0.1) is 0 Å². The molecule has 0 saturated carbocycles. The fraction of sp³-hybridized carbons (Fsp3) is 0.167. The van der Waals surface area contributed by atoms with Gasteiger partial charge in [0.15, 0.2) is 5.65 Å². The second-order valence-electron chi connectivity index (χ2n) is 5.72. The van der Waals surface area contributed by atoms with Crippen LogP contribution in [0.25, 0.3) is 16.6 Å². The maximum Gasteiger partial charge on any atom is 0.159 e. The second-order valence-corrected chi connectivity index (χ2v) is 5.72. The highest BCUT2D eigenvalue weighted by Crippen LogP contribution is 2.19. The Balaban J connectivity index is 1.59. The molecule has 0 amide bonds. The van der Waals surface area contributed by atoms with Crippen molar-refractivity contribution >= 4 is 16.6 Å². The van der Waals surface area contributed by atoms with Gasteiger partial charge in [-0.05, 0) is 30.8 Å². The van der Waals surface area contributed by atoms with E-state index in [-0.39, 0.29) is 0 Å². The molecule has 4 rings (SSSR count). The monoisotopic (exact) mass is 303 g/mol. The van der Waals surface area contributed by atoms with Crippen LogP contribution >= 0.6 is 0 Å². The molecule has 0 unspecified atom stereocenters. The van der Waals surface area contributed by atoms with E-state index in [1.54, 1.807) is 6.20 Å². The van der Waals surface area contributed by atoms with Crippen molar-refractivity contribution in [1.29, 1.82) is 0 Å².